The topological polar surface area (TPSA) is 241 Å². The maximum atomic E-state index is 13.5. The van der Waals surface area contributed by atoms with Crippen molar-refractivity contribution in [3.05, 3.63) is 123 Å². The summed E-state index contributed by atoms with van der Waals surface area (Å²) in [6, 6.07) is 19.5. The number of aryl methyl sites for hydroxylation is 1. The summed E-state index contributed by atoms with van der Waals surface area (Å²) in [6.45, 7) is 5.44. The molecule has 0 unspecified atom stereocenters. The van der Waals surface area contributed by atoms with Gasteiger partial charge in [0.2, 0.25) is 11.8 Å². The van der Waals surface area contributed by atoms with Crippen LogP contribution in [0.5, 0.6) is 0 Å². The highest BCUT2D eigenvalue weighted by Crippen LogP contribution is 2.32. The van der Waals surface area contributed by atoms with Gasteiger partial charge in [0.25, 0.3) is 10.0 Å². The first kappa shape index (κ1) is 55.3. The molecule has 7 aromatic rings. The van der Waals surface area contributed by atoms with E-state index >= 15 is 0 Å². The molecule has 2 aliphatic heterocycles. The molecule has 9 rings (SSSR count). The number of aromatic nitrogens is 6. The van der Waals surface area contributed by atoms with Crippen molar-refractivity contribution in [1.29, 1.82) is 0 Å². The number of H-pyrrole nitrogens is 1. The summed E-state index contributed by atoms with van der Waals surface area (Å²) < 4.78 is 33.5. The molecule has 2 saturated heterocycles. The molecule has 3 aromatic carbocycles. The number of carboxylic acid groups (broad SMARTS) is 1. The monoisotopic (exact) mass is 1130 g/mol. The van der Waals surface area contributed by atoms with E-state index in [1.165, 1.54) is 18.9 Å². The lowest BCUT2D eigenvalue weighted by molar-refractivity contribution is -0.141. The largest absolute Gasteiger partial charge is 0.480 e. The predicted molar refractivity (Wildman–Crippen MR) is 293 cm³/mol. The Hall–Kier alpha value is -6.91. The van der Waals surface area contributed by atoms with Crippen LogP contribution in [0.1, 0.15) is 38.2 Å². The summed E-state index contributed by atoms with van der Waals surface area (Å²) in [7, 11) is -3.95. The first-order valence-electron chi connectivity index (χ1n) is 24.3. The number of ether oxygens (including phenoxy) is 1. The number of amides is 2. The average Bonchev–Trinajstić information content (AvgIpc) is 4.07. The number of piperidine rings is 2. The molecule has 400 valence electrons. The molecule has 2 amide bonds. The molecule has 4 aromatic heterocycles. The molecule has 6 heterocycles. The molecule has 20 nitrogen and oxygen atoms in total. The third-order valence-electron chi connectivity index (χ3n) is 12.8. The third kappa shape index (κ3) is 13.5. The summed E-state index contributed by atoms with van der Waals surface area (Å²) in [4.78, 5) is 78.0. The van der Waals surface area contributed by atoms with Crippen LogP contribution in [-0.2, 0) is 33.9 Å². The molecule has 4 N–H and O–H groups in total. The number of fused-ring (bicyclic) bond motifs is 2. The third-order valence-corrected chi connectivity index (χ3v) is 15.3. The number of carbonyl (C=O) groups excluding carboxylic acids is 3. The van der Waals surface area contributed by atoms with Crippen molar-refractivity contribution >= 4 is 125 Å². The molecule has 76 heavy (non-hydrogen) atoms. The Balaban J connectivity index is 0.000000212. The second-order valence-electron chi connectivity index (χ2n) is 18.1. The summed E-state index contributed by atoms with van der Waals surface area (Å²) in [5.74, 6) is -0.721. The molecule has 2 aliphatic rings. The lowest BCUT2D eigenvalue weighted by Crippen LogP contribution is -2.52. The van der Waals surface area contributed by atoms with Crippen LogP contribution in [0.4, 0.5) is 23.0 Å². The van der Waals surface area contributed by atoms with E-state index < -0.39 is 22.0 Å². The highest BCUT2D eigenvalue weighted by atomic mass is 35.5. The number of benzene rings is 3. The number of nitrogens with one attached hydrogen (secondary N) is 3. The van der Waals surface area contributed by atoms with E-state index in [4.69, 9.17) is 51.1 Å². The van der Waals surface area contributed by atoms with Gasteiger partial charge in [-0.15, -0.1) is 0 Å². The number of rotatable bonds is 17. The van der Waals surface area contributed by atoms with Gasteiger partial charge in [-0.3, -0.25) is 19.2 Å². The number of anilines is 4. The van der Waals surface area contributed by atoms with Gasteiger partial charge in [-0.2, -0.15) is 0 Å². The van der Waals surface area contributed by atoms with Gasteiger partial charge in [0.1, 0.15) is 43.0 Å². The molecule has 0 saturated carbocycles. The van der Waals surface area contributed by atoms with Crippen LogP contribution in [0.25, 0.3) is 22.1 Å². The Morgan fingerprint density at radius 1 is 0.724 bits per heavy atom. The van der Waals surface area contributed by atoms with Crippen molar-refractivity contribution in [3.8, 4) is 0 Å². The van der Waals surface area contributed by atoms with Crippen molar-refractivity contribution in [2.45, 2.75) is 56.5 Å². The molecule has 2 fully saturated rings. The van der Waals surface area contributed by atoms with Gasteiger partial charge in [-0.25, -0.2) is 32.3 Å². The van der Waals surface area contributed by atoms with Crippen LogP contribution in [0, 0.1) is 6.92 Å². The number of esters is 1. The first-order valence-corrected chi connectivity index (χ1v) is 27.2. The maximum absolute atomic E-state index is 13.5. The van der Waals surface area contributed by atoms with Gasteiger partial charge in [0, 0.05) is 82.1 Å². The second kappa shape index (κ2) is 24.8. The number of hydrogen-bond donors (Lipinski definition) is 4. The Morgan fingerprint density at radius 3 is 1.79 bits per heavy atom. The SMILES string of the molecule is CCOC(=O)CN(c1ncnc2c1ccn2S(=O)(=O)c1ccc(C)cc1)[C@@H]1CCCN(C(=O)CNc2cc(Cl)cc(Cl)c2)C1.O=C(O)CN(c1ncnc2[nH]ccc12)[C@@H]1CCCN(C(=O)CNc2cc(Cl)cc(Cl)c2)C1. The lowest BCUT2D eigenvalue weighted by Gasteiger charge is -2.39. The second-order valence-corrected chi connectivity index (χ2v) is 21.6. The van der Waals surface area contributed by atoms with Crippen LogP contribution >= 0.6 is 46.4 Å². The number of halogens is 4. The zero-order valence-electron chi connectivity index (χ0n) is 41.3. The Labute approximate surface area is 458 Å². The van der Waals surface area contributed by atoms with Gasteiger partial charge < -0.3 is 45.1 Å². The maximum Gasteiger partial charge on any atom is 0.325 e. The average molecular weight is 1140 g/mol. The fourth-order valence-electron chi connectivity index (χ4n) is 9.26. The van der Waals surface area contributed by atoms with E-state index in [0.717, 1.165) is 27.8 Å². The van der Waals surface area contributed by atoms with Gasteiger partial charge in [-0.05, 0) is 100 Å². The standard InChI is InChI=1S/C30H32Cl2N6O5S.C21H22Cl2N6O3/c1-3-43-28(40)18-37(24-5-4-11-36(17-24)27(39)16-33-23-14-21(31)13-22(32)15-23)29-26-10-12-38(30(26)35-19-34-29)44(41,42)25-8-6-20(2)7-9-25;22-13-6-14(23)8-15(7-13)25-9-18(30)28-5-1-2-16(10-28)29(11-19(31)32)21-17-3-4-24-20(17)26-12-27-21/h6-10,12-15,19,24,33H,3-5,11,16-18H2,1-2H3;3-4,6-8,12,16,25H,1-2,5,9-11H2,(H,31,32)(H,24,26,27)/t24-;16-/m11/s1. The number of carbonyl (C=O) groups is 4. The minimum absolute atomic E-state index is 0.0265. The smallest absolute Gasteiger partial charge is 0.325 e. The lowest BCUT2D eigenvalue weighted by atomic mass is 10.0. The fourth-order valence-corrected chi connectivity index (χ4v) is 11.6. The Kier molecular flexibility index (Phi) is 18.1. The molecule has 0 aliphatic carbocycles. The van der Waals surface area contributed by atoms with Crippen molar-refractivity contribution in [3.63, 3.8) is 0 Å². The van der Waals surface area contributed by atoms with Crippen LogP contribution in [0.2, 0.25) is 20.1 Å². The van der Waals surface area contributed by atoms with Gasteiger partial charge in [-0.1, -0.05) is 64.1 Å². The van der Waals surface area contributed by atoms with Crippen LogP contribution in [0.15, 0.2) is 103 Å². The molecule has 25 heteroatoms. The summed E-state index contributed by atoms with van der Waals surface area (Å²) in [5.41, 5.74) is 3.04. The van der Waals surface area contributed by atoms with Crippen LogP contribution in [-0.4, -0.2) is 147 Å². The molecule has 0 bridgehead atoms. The number of aliphatic carboxylic acids is 1. The van der Waals surface area contributed by atoms with Gasteiger partial charge in [0.05, 0.1) is 35.4 Å². The first-order chi connectivity index (χ1) is 36.5. The van der Waals surface area contributed by atoms with E-state index in [-0.39, 0.29) is 67.2 Å². The van der Waals surface area contributed by atoms with Crippen LogP contribution in [0.3, 0.4) is 0 Å². The molecule has 2 atom stereocenters. The van der Waals surface area contributed by atoms with E-state index in [2.05, 4.69) is 35.6 Å². The zero-order chi connectivity index (χ0) is 54.1. The van der Waals surface area contributed by atoms with Crippen molar-refractivity contribution in [1.82, 2.24) is 38.7 Å². The fraction of sp³-hybridized carbons (Fsp3) is 0.333. The van der Waals surface area contributed by atoms with Crippen LogP contribution < -0.4 is 20.4 Å². The number of likely N-dealkylation sites (tertiary alicyclic amines) is 2. The highest BCUT2D eigenvalue weighted by molar-refractivity contribution is 7.90. The number of hydrogen-bond acceptors (Lipinski definition) is 15. The van der Waals surface area contributed by atoms with Crippen molar-refractivity contribution in [2.75, 3.05) is 79.4 Å². The molecular weight excluding hydrogens is 1080 g/mol. The Morgan fingerprint density at radius 2 is 1.25 bits per heavy atom. The van der Waals surface area contributed by atoms with Gasteiger partial charge >= 0.3 is 11.9 Å². The highest BCUT2D eigenvalue weighted by Gasteiger charge is 2.34. The summed E-state index contributed by atoms with van der Waals surface area (Å²) in [5, 5.41) is 18.7. The van der Waals surface area contributed by atoms with E-state index in [1.54, 1.807) is 99.5 Å². The number of nitrogens with zero attached hydrogens (tertiary/aromatic N) is 9. The van der Waals surface area contributed by atoms with Crippen molar-refractivity contribution < 1.29 is 37.4 Å². The summed E-state index contributed by atoms with van der Waals surface area (Å²) >= 11 is 24.2. The quantitative estimate of drug-likeness (QED) is 0.0631. The normalized spacial score (nSPS) is 15.7. The number of aromatic amines is 1. The van der Waals surface area contributed by atoms with Crippen molar-refractivity contribution in [2.24, 2.45) is 0 Å². The molecule has 0 spiro atoms. The van der Waals surface area contributed by atoms with E-state index in [1.807, 2.05) is 13.0 Å². The molecule has 0 radical (unpaired) electrons. The minimum atomic E-state index is -3.95. The zero-order valence-corrected chi connectivity index (χ0v) is 45.2. The molecular formula is C51H54Cl4N12O8S. The van der Waals surface area contributed by atoms with E-state index in [0.29, 0.717) is 93.2 Å². The number of carboxylic acids is 1. The minimum Gasteiger partial charge on any atom is -0.480 e. The Bertz CT molecular complexity index is 3310. The summed E-state index contributed by atoms with van der Waals surface area (Å²) in [6.07, 6.45) is 8.75. The van der Waals surface area contributed by atoms with E-state index in [9.17, 15) is 32.7 Å². The van der Waals surface area contributed by atoms with Gasteiger partial charge in [0.15, 0.2) is 5.65 Å². The predicted octanol–water partition coefficient (Wildman–Crippen LogP) is 8.01.